The van der Waals surface area contributed by atoms with E-state index in [4.69, 9.17) is 22.4 Å². The van der Waals surface area contributed by atoms with E-state index in [2.05, 4.69) is 94.5 Å². The maximum atomic E-state index is 6.71. The van der Waals surface area contributed by atoms with Crippen LogP contribution in [0.15, 0.2) is 0 Å². The first kappa shape index (κ1) is 27.2. The minimum atomic E-state index is -1.84. The maximum absolute atomic E-state index is 6.71. The van der Waals surface area contributed by atoms with Crippen LogP contribution in [0.3, 0.4) is 0 Å². The van der Waals surface area contributed by atoms with Gasteiger partial charge in [0.2, 0.25) is 0 Å². The molecule has 0 unspecified atom stereocenters. The minimum Gasteiger partial charge on any atom is -0.415 e. The summed E-state index contributed by atoms with van der Waals surface area (Å²) in [6.45, 7) is 27.0. The van der Waals surface area contributed by atoms with Gasteiger partial charge in [-0.05, 0) is 78.6 Å². The first-order valence-electron chi connectivity index (χ1n) is 10.2. The number of rotatable bonds is 9. The first-order chi connectivity index (χ1) is 12.3. The third-order valence-corrected chi connectivity index (χ3v) is 8.43. The molecule has 0 aromatic rings. The van der Waals surface area contributed by atoms with E-state index in [9.17, 15) is 0 Å². The lowest BCUT2D eigenvalue weighted by atomic mass is 10.0. The standard InChI is InChI=1S/C18H43BrO5Si4/c1-25(2,3)20-13-14-15(22-26(4,5)6)16(23-27(7,8)9)17(18(19)21-14)24-28(10,11)12/h14-18H,13H2,1-12H3/t14-,15-,16+,17-,18+/m1/s1. The molecule has 5 atom stereocenters. The molecule has 0 aromatic carbocycles. The van der Waals surface area contributed by atoms with E-state index in [1.165, 1.54) is 0 Å². The van der Waals surface area contributed by atoms with Gasteiger partial charge < -0.3 is 22.4 Å². The lowest BCUT2D eigenvalue weighted by Gasteiger charge is -2.50. The molecule has 0 N–H and O–H groups in total. The molecule has 168 valence electrons. The van der Waals surface area contributed by atoms with Crippen molar-refractivity contribution in [3.8, 4) is 0 Å². The van der Waals surface area contributed by atoms with Gasteiger partial charge in [-0.3, -0.25) is 0 Å². The van der Waals surface area contributed by atoms with Crippen molar-refractivity contribution in [3.05, 3.63) is 0 Å². The fraction of sp³-hybridized carbons (Fsp3) is 1.00. The molecule has 1 aliphatic rings. The lowest BCUT2D eigenvalue weighted by molar-refractivity contribution is -0.187. The highest BCUT2D eigenvalue weighted by Gasteiger charge is 2.50. The summed E-state index contributed by atoms with van der Waals surface area (Å²) in [5.41, 5.74) is 0. The van der Waals surface area contributed by atoms with Crippen LogP contribution in [-0.4, -0.2) is 69.3 Å². The van der Waals surface area contributed by atoms with Gasteiger partial charge >= 0.3 is 0 Å². The lowest BCUT2D eigenvalue weighted by Crippen LogP contribution is -2.64. The molecule has 0 amide bonds. The predicted octanol–water partition coefficient (Wildman–Crippen LogP) is 5.62. The highest BCUT2D eigenvalue weighted by molar-refractivity contribution is 9.09. The van der Waals surface area contributed by atoms with Crippen molar-refractivity contribution in [1.29, 1.82) is 0 Å². The topological polar surface area (TPSA) is 46.2 Å². The predicted molar refractivity (Wildman–Crippen MR) is 132 cm³/mol. The summed E-state index contributed by atoms with van der Waals surface area (Å²) in [5, 5.41) is -0.239. The van der Waals surface area contributed by atoms with E-state index >= 15 is 0 Å². The normalized spacial score (nSPS) is 30.5. The molecule has 0 radical (unpaired) electrons. The fourth-order valence-electron chi connectivity index (χ4n) is 2.96. The Hall–Kier alpha value is 1.15. The Balaban J connectivity index is 3.26. The fourth-order valence-corrected chi connectivity index (χ4v) is 7.77. The van der Waals surface area contributed by atoms with Crippen LogP contribution in [0, 0.1) is 0 Å². The quantitative estimate of drug-likeness (QED) is 0.286. The van der Waals surface area contributed by atoms with Crippen LogP contribution >= 0.6 is 15.9 Å². The Morgan fingerprint density at radius 2 is 1.00 bits per heavy atom. The molecular weight excluding hydrogens is 488 g/mol. The molecule has 1 saturated heterocycles. The smallest absolute Gasteiger partial charge is 0.184 e. The summed E-state index contributed by atoms with van der Waals surface area (Å²) in [4.78, 5) is 0. The number of hydrogen-bond acceptors (Lipinski definition) is 5. The van der Waals surface area contributed by atoms with Gasteiger partial charge in [-0.1, -0.05) is 15.9 Å². The Morgan fingerprint density at radius 3 is 1.39 bits per heavy atom. The second kappa shape index (κ2) is 9.74. The molecule has 10 heteroatoms. The van der Waals surface area contributed by atoms with Crippen LogP contribution < -0.4 is 0 Å². The Bertz CT molecular complexity index is 496. The van der Waals surface area contributed by atoms with Crippen molar-refractivity contribution < 1.29 is 22.4 Å². The van der Waals surface area contributed by atoms with Crippen molar-refractivity contribution >= 4 is 49.2 Å². The molecule has 0 spiro atoms. The maximum Gasteiger partial charge on any atom is 0.184 e. The van der Waals surface area contributed by atoms with Crippen molar-refractivity contribution in [3.63, 3.8) is 0 Å². The molecule has 0 saturated carbocycles. The summed E-state index contributed by atoms with van der Waals surface area (Å²) in [6, 6.07) is 0. The Morgan fingerprint density at radius 1 is 0.607 bits per heavy atom. The molecule has 1 rings (SSSR count). The Kier molecular flexibility index (Phi) is 9.46. The minimum absolute atomic E-state index is 0.168. The van der Waals surface area contributed by atoms with Crippen molar-refractivity contribution in [2.75, 3.05) is 6.61 Å². The van der Waals surface area contributed by atoms with Crippen molar-refractivity contribution in [2.24, 2.45) is 0 Å². The molecular formula is C18H43BrO5Si4. The molecule has 0 aromatic heterocycles. The summed E-state index contributed by atoms with van der Waals surface area (Å²) in [7, 11) is -7.15. The van der Waals surface area contributed by atoms with E-state index in [1.807, 2.05) is 0 Å². The number of hydrogen-bond donors (Lipinski definition) is 0. The largest absolute Gasteiger partial charge is 0.415 e. The van der Waals surface area contributed by atoms with Gasteiger partial charge in [-0.2, -0.15) is 0 Å². The zero-order valence-electron chi connectivity index (χ0n) is 20.0. The average Bonchev–Trinajstić information content (AvgIpc) is 2.39. The molecule has 1 heterocycles. The van der Waals surface area contributed by atoms with Gasteiger partial charge in [0, 0.05) is 0 Å². The van der Waals surface area contributed by atoms with Crippen LogP contribution in [0.5, 0.6) is 0 Å². The molecule has 1 aliphatic heterocycles. The monoisotopic (exact) mass is 530 g/mol. The summed E-state index contributed by atoms with van der Waals surface area (Å²) in [6.07, 6.45) is -0.725. The van der Waals surface area contributed by atoms with E-state index in [-0.39, 0.29) is 29.4 Å². The zero-order chi connectivity index (χ0) is 22.1. The third kappa shape index (κ3) is 10.4. The summed E-state index contributed by atoms with van der Waals surface area (Å²) in [5.74, 6) is 0. The number of alkyl halides is 1. The molecule has 1 fully saturated rings. The van der Waals surface area contributed by atoms with Crippen LogP contribution in [0.25, 0.3) is 0 Å². The molecule has 0 aliphatic carbocycles. The highest BCUT2D eigenvalue weighted by atomic mass is 79.9. The van der Waals surface area contributed by atoms with Gasteiger partial charge in [-0.15, -0.1) is 0 Å². The first-order valence-corrected chi connectivity index (χ1v) is 24.8. The van der Waals surface area contributed by atoms with Crippen LogP contribution in [0.2, 0.25) is 78.6 Å². The molecule has 28 heavy (non-hydrogen) atoms. The third-order valence-electron chi connectivity index (χ3n) is 3.73. The molecule has 0 bridgehead atoms. The van der Waals surface area contributed by atoms with Gasteiger partial charge in [-0.25, -0.2) is 0 Å². The molecule has 5 nitrogen and oxygen atoms in total. The summed E-state index contributed by atoms with van der Waals surface area (Å²) >= 11 is 3.75. The summed E-state index contributed by atoms with van der Waals surface area (Å²) < 4.78 is 32.5. The highest BCUT2D eigenvalue weighted by Crippen LogP contribution is 2.35. The van der Waals surface area contributed by atoms with Crippen molar-refractivity contribution in [1.82, 2.24) is 0 Å². The van der Waals surface area contributed by atoms with E-state index < -0.39 is 33.3 Å². The van der Waals surface area contributed by atoms with Gasteiger partial charge in [0.1, 0.15) is 29.4 Å². The van der Waals surface area contributed by atoms with Gasteiger partial charge in [0.05, 0.1) is 6.61 Å². The number of halogens is 1. The second-order valence-corrected chi connectivity index (χ2v) is 30.3. The SMILES string of the molecule is C[Si](C)(C)OC[C@H]1O[C@H](Br)[C@H](O[Si](C)(C)C)[C@@H](O[Si](C)(C)C)[C@@H]1O[Si](C)(C)C. The van der Waals surface area contributed by atoms with Crippen LogP contribution in [-0.2, 0) is 22.4 Å². The van der Waals surface area contributed by atoms with E-state index in [0.717, 1.165) is 0 Å². The van der Waals surface area contributed by atoms with E-state index in [1.54, 1.807) is 0 Å². The second-order valence-electron chi connectivity index (χ2n) is 11.5. The van der Waals surface area contributed by atoms with Crippen molar-refractivity contribution in [2.45, 2.75) is 108 Å². The van der Waals surface area contributed by atoms with Crippen LogP contribution in [0.4, 0.5) is 0 Å². The average molecular weight is 532 g/mol. The zero-order valence-corrected chi connectivity index (χ0v) is 25.6. The van der Waals surface area contributed by atoms with E-state index in [0.29, 0.717) is 6.61 Å². The Labute approximate surface area is 185 Å². The van der Waals surface area contributed by atoms with Gasteiger partial charge in [0.15, 0.2) is 33.3 Å². The number of ether oxygens (including phenoxy) is 1. The van der Waals surface area contributed by atoms with Gasteiger partial charge in [0.25, 0.3) is 0 Å². The van der Waals surface area contributed by atoms with Crippen LogP contribution in [0.1, 0.15) is 0 Å².